The molecule has 0 aliphatic heterocycles. The molecule has 0 bridgehead atoms. The molecule has 8 heteroatoms. The van der Waals surface area contributed by atoms with Crippen LogP contribution >= 0.6 is 0 Å². The Morgan fingerprint density at radius 2 is 2.00 bits per heavy atom. The van der Waals surface area contributed by atoms with Gasteiger partial charge in [0.05, 0.1) is 28.6 Å². The second-order valence-electron chi connectivity index (χ2n) is 3.51. The maximum Gasteiger partial charge on any atom is 0.338 e. The largest absolute Gasteiger partial charge is 0.478 e. The number of nitro groups is 1. The number of nitrogens with zero attached hydrogens (tertiary/aromatic N) is 3. The molecule has 0 amide bonds. The van der Waals surface area contributed by atoms with Crippen molar-refractivity contribution in [3.63, 3.8) is 0 Å². The minimum atomic E-state index is -1.26. The average Bonchev–Trinajstić information content (AvgIpc) is 2.39. The monoisotopic (exact) mass is 260 g/mol. The number of carboxylic acid groups (broad SMARTS) is 1. The van der Waals surface area contributed by atoms with Crippen LogP contribution in [-0.4, -0.2) is 26.0 Å². The van der Waals surface area contributed by atoms with E-state index in [9.17, 15) is 14.9 Å². The van der Waals surface area contributed by atoms with Gasteiger partial charge in [0.2, 0.25) is 0 Å². The average molecular weight is 260 g/mol. The van der Waals surface area contributed by atoms with Gasteiger partial charge in [-0.15, -0.1) is 0 Å². The molecule has 1 heterocycles. The van der Waals surface area contributed by atoms with E-state index >= 15 is 0 Å². The number of nitro benzene ring substituents is 1. The number of rotatable bonds is 4. The van der Waals surface area contributed by atoms with Gasteiger partial charge in [0, 0.05) is 6.07 Å². The Morgan fingerprint density at radius 1 is 1.32 bits per heavy atom. The van der Waals surface area contributed by atoms with E-state index < -0.39 is 10.9 Å². The summed E-state index contributed by atoms with van der Waals surface area (Å²) in [6.45, 7) is 0. The number of aromatic nitrogens is 2. The summed E-state index contributed by atoms with van der Waals surface area (Å²) in [6.07, 6.45) is 4.06. The van der Waals surface area contributed by atoms with E-state index in [0.717, 1.165) is 0 Å². The van der Waals surface area contributed by atoms with E-state index in [-0.39, 0.29) is 16.9 Å². The second-order valence-corrected chi connectivity index (χ2v) is 3.51. The summed E-state index contributed by atoms with van der Waals surface area (Å²) < 4.78 is 0. The van der Waals surface area contributed by atoms with Crippen LogP contribution in [0.15, 0.2) is 36.9 Å². The number of para-hydroxylation sites is 1. The molecule has 0 aliphatic rings. The van der Waals surface area contributed by atoms with Crippen molar-refractivity contribution < 1.29 is 14.8 Å². The summed E-state index contributed by atoms with van der Waals surface area (Å²) in [4.78, 5) is 28.8. The zero-order chi connectivity index (χ0) is 13.8. The molecule has 0 unspecified atom stereocenters. The van der Waals surface area contributed by atoms with Gasteiger partial charge < -0.3 is 10.4 Å². The lowest BCUT2D eigenvalue weighted by atomic mass is 10.1. The van der Waals surface area contributed by atoms with Gasteiger partial charge in [0.1, 0.15) is 12.0 Å². The molecular formula is C11H8N4O4. The fourth-order valence-corrected chi connectivity index (χ4v) is 1.51. The first-order valence-electron chi connectivity index (χ1n) is 5.12. The molecule has 0 saturated carbocycles. The molecule has 1 aromatic heterocycles. The summed E-state index contributed by atoms with van der Waals surface area (Å²) in [7, 11) is 0. The zero-order valence-electron chi connectivity index (χ0n) is 9.48. The first kappa shape index (κ1) is 12.4. The Hall–Kier alpha value is -3.03. The Morgan fingerprint density at radius 3 is 2.58 bits per heavy atom. The van der Waals surface area contributed by atoms with E-state index in [1.54, 1.807) is 0 Å². The highest BCUT2D eigenvalue weighted by Crippen LogP contribution is 2.30. The predicted octanol–water partition coefficient (Wildman–Crippen LogP) is 1.83. The highest BCUT2D eigenvalue weighted by molar-refractivity contribution is 5.97. The van der Waals surface area contributed by atoms with Gasteiger partial charge in [0.25, 0.3) is 5.69 Å². The lowest BCUT2D eigenvalue weighted by molar-refractivity contribution is -0.383. The second kappa shape index (κ2) is 5.08. The van der Waals surface area contributed by atoms with Crippen LogP contribution in [0.2, 0.25) is 0 Å². The van der Waals surface area contributed by atoms with Crippen molar-refractivity contribution >= 4 is 23.0 Å². The number of carboxylic acids is 1. The molecule has 0 radical (unpaired) electrons. The van der Waals surface area contributed by atoms with Crippen LogP contribution in [0.4, 0.5) is 17.1 Å². The number of aromatic carboxylic acids is 1. The minimum Gasteiger partial charge on any atom is -0.478 e. The number of carbonyl (C=O) groups is 1. The van der Waals surface area contributed by atoms with Crippen molar-refractivity contribution in [2.24, 2.45) is 0 Å². The van der Waals surface area contributed by atoms with E-state index in [1.807, 2.05) is 0 Å². The Kier molecular flexibility index (Phi) is 3.33. The molecule has 2 rings (SSSR count). The van der Waals surface area contributed by atoms with Crippen molar-refractivity contribution in [2.75, 3.05) is 5.32 Å². The molecule has 0 atom stereocenters. The Bertz CT molecular complexity index is 598. The van der Waals surface area contributed by atoms with Gasteiger partial charge in [-0.25, -0.2) is 14.8 Å². The van der Waals surface area contributed by atoms with Crippen LogP contribution in [-0.2, 0) is 0 Å². The van der Waals surface area contributed by atoms with Gasteiger partial charge in [-0.1, -0.05) is 6.07 Å². The number of hydrogen-bond donors (Lipinski definition) is 2. The van der Waals surface area contributed by atoms with Crippen LogP contribution in [0.25, 0.3) is 0 Å². The fourth-order valence-electron chi connectivity index (χ4n) is 1.51. The van der Waals surface area contributed by atoms with Gasteiger partial charge in [-0.2, -0.15) is 0 Å². The summed E-state index contributed by atoms with van der Waals surface area (Å²) in [5.74, 6) is -1.26. The van der Waals surface area contributed by atoms with Crippen LogP contribution in [0, 0.1) is 10.1 Å². The molecule has 0 aliphatic carbocycles. The summed E-state index contributed by atoms with van der Waals surface area (Å²) >= 11 is 0. The molecule has 1 aromatic carbocycles. The third kappa shape index (κ3) is 2.63. The minimum absolute atomic E-state index is 0.102. The Labute approximate surface area is 106 Å². The van der Waals surface area contributed by atoms with Crippen LogP contribution in [0.3, 0.4) is 0 Å². The van der Waals surface area contributed by atoms with Crippen molar-refractivity contribution in [3.8, 4) is 0 Å². The van der Waals surface area contributed by atoms with Crippen LogP contribution < -0.4 is 5.32 Å². The summed E-state index contributed by atoms with van der Waals surface area (Å²) in [6, 6.07) is 3.81. The van der Waals surface area contributed by atoms with Gasteiger partial charge in [-0.3, -0.25) is 10.1 Å². The zero-order valence-corrected chi connectivity index (χ0v) is 9.48. The van der Waals surface area contributed by atoms with Crippen molar-refractivity contribution in [3.05, 3.63) is 52.6 Å². The third-order valence-corrected chi connectivity index (χ3v) is 2.30. The SMILES string of the molecule is O=C(O)c1cccc([N+](=O)[O-])c1Nc1cncnc1. The quantitative estimate of drug-likeness (QED) is 0.635. The van der Waals surface area contributed by atoms with Gasteiger partial charge in [0.15, 0.2) is 0 Å². The molecule has 0 fully saturated rings. The maximum absolute atomic E-state index is 11.1. The highest BCUT2D eigenvalue weighted by Gasteiger charge is 2.21. The molecule has 2 aromatic rings. The fraction of sp³-hybridized carbons (Fsp3) is 0. The van der Waals surface area contributed by atoms with E-state index in [0.29, 0.717) is 5.69 Å². The smallest absolute Gasteiger partial charge is 0.338 e. The molecule has 8 nitrogen and oxygen atoms in total. The lowest BCUT2D eigenvalue weighted by Gasteiger charge is -2.09. The van der Waals surface area contributed by atoms with Crippen LogP contribution in [0.1, 0.15) is 10.4 Å². The third-order valence-electron chi connectivity index (χ3n) is 2.30. The number of anilines is 2. The predicted molar refractivity (Wildman–Crippen MR) is 65.4 cm³/mol. The van der Waals surface area contributed by atoms with Crippen molar-refractivity contribution in [1.29, 1.82) is 0 Å². The van der Waals surface area contributed by atoms with Gasteiger partial charge in [-0.05, 0) is 6.07 Å². The first-order chi connectivity index (χ1) is 9.09. The molecule has 0 spiro atoms. The van der Waals surface area contributed by atoms with E-state index in [2.05, 4.69) is 15.3 Å². The highest BCUT2D eigenvalue weighted by atomic mass is 16.6. The lowest BCUT2D eigenvalue weighted by Crippen LogP contribution is -2.06. The normalized spacial score (nSPS) is 9.89. The molecule has 0 saturated heterocycles. The van der Waals surface area contributed by atoms with E-state index in [4.69, 9.17) is 5.11 Å². The van der Waals surface area contributed by atoms with Crippen molar-refractivity contribution in [1.82, 2.24) is 9.97 Å². The van der Waals surface area contributed by atoms with Crippen LogP contribution in [0.5, 0.6) is 0 Å². The standard InChI is InChI=1S/C11H8N4O4/c16-11(17)8-2-1-3-9(15(18)19)10(8)14-7-4-12-6-13-5-7/h1-6,14H,(H,16,17). The first-order valence-corrected chi connectivity index (χ1v) is 5.12. The number of benzene rings is 1. The molecule has 19 heavy (non-hydrogen) atoms. The van der Waals surface area contributed by atoms with Crippen molar-refractivity contribution in [2.45, 2.75) is 0 Å². The number of nitrogens with one attached hydrogen (secondary N) is 1. The molecule has 96 valence electrons. The van der Waals surface area contributed by atoms with Gasteiger partial charge >= 0.3 is 5.97 Å². The summed E-state index contributed by atoms with van der Waals surface area (Å²) in [5, 5.41) is 22.6. The number of hydrogen-bond acceptors (Lipinski definition) is 6. The molecular weight excluding hydrogens is 252 g/mol. The Balaban J connectivity index is 2.52. The topological polar surface area (TPSA) is 118 Å². The summed E-state index contributed by atoms with van der Waals surface area (Å²) in [5.41, 5.74) is -0.268. The maximum atomic E-state index is 11.1. The molecule has 2 N–H and O–H groups in total. The van der Waals surface area contributed by atoms with E-state index in [1.165, 1.54) is 36.9 Å².